The molecule has 22 heavy (non-hydrogen) atoms. The van der Waals surface area contributed by atoms with E-state index in [4.69, 9.17) is 9.47 Å². The molecule has 0 spiro atoms. The van der Waals surface area contributed by atoms with Crippen molar-refractivity contribution in [2.45, 2.75) is 53.4 Å². The van der Waals surface area contributed by atoms with Gasteiger partial charge in [-0.15, -0.1) is 0 Å². The van der Waals surface area contributed by atoms with Gasteiger partial charge in [0, 0.05) is 10.8 Å². The summed E-state index contributed by atoms with van der Waals surface area (Å²) in [6, 6.07) is 8.74. The lowest BCUT2D eigenvalue weighted by molar-refractivity contribution is 0.335. The van der Waals surface area contributed by atoms with E-state index in [1.54, 1.807) is 0 Å². The highest BCUT2D eigenvalue weighted by molar-refractivity contribution is 5.95. The zero-order valence-corrected chi connectivity index (χ0v) is 14.7. The fraction of sp³-hybridized carbons (Fsp3) is 0.500. The van der Waals surface area contributed by atoms with Gasteiger partial charge in [-0.2, -0.15) is 0 Å². The molecule has 120 valence electrons. The number of ether oxygens (including phenoxy) is 2. The van der Waals surface area contributed by atoms with E-state index in [9.17, 15) is 0 Å². The molecule has 0 N–H and O–H groups in total. The Morgan fingerprint density at radius 2 is 1.05 bits per heavy atom. The summed E-state index contributed by atoms with van der Waals surface area (Å²) in [6.07, 6.45) is 0. The van der Waals surface area contributed by atoms with Crippen molar-refractivity contribution >= 4 is 10.8 Å². The SMILES string of the molecule is CCOc1c(C(C)C)ccc2c(OCC)c(C(C)C)ccc12. The van der Waals surface area contributed by atoms with E-state index in [1.165, 1.54) is 11.1 Å². The van der Waals surface area contributed by atoms with Gasteiger partial charge in [-0.3, -0.25) is 0 Å². The van der Waals surface area contributed by atoms with Gasteiger partial charge in [-0.25, -0.2) is 0 Å². The summed E-state index contributed by atoms with van der Waals surface area (Å²) in [5.74, 6) is 2.88. The van der Waals surface area contributed by atoms with Crippen molar-refractivity contribution in [2.24, 2.45) is 0 Å². The molecule has 0 aromatic heterocycles. The van der Waals surface area contributed by atoms with Gasteiger partial charge in [-0.1, -0.05) is 52.0 Å². The maximum atomic E-state index is 5.99. The highest BCUT2D eigenvalue weighted by Crippen LogP contribution is 2.41. The Bertz CT molecular complexity index is 584. The van der Waals surface area contributed by atoms with E-state index in [0.717, 1.165) is 22.3 Å². The minimum absolute atomic E-state index is 0.436. The topological polar surface area (TPSA) is 18.5 Å². The highest BCUT2D eigenvalue weighted by atomic mass is 16.5. The van der Waals surface area contributed by atoms with Crippen LogP contribution in [-0.4, -0.2) is 13.2 Å². The van der Waals surface area contributed by atoms with Crippen molar-refractivity contribution in [3.63, 3.8) is 0 Å². The molecule has 2 rings (SSSR count). The molecule has 0 fully saturated rings. The Labute approximate surface area is 134 Å². The molecule has 2 heteroatoms. The van der Waals surface area contributed by atoms with Gasteiger partial charge in [-0.05, 0) is 36.8 Å². The number of rotatable bonds is 6. The maximum absolute atomic E-state index is 5.99. The smallest absolute Gasteiger partial charge is 0.130 e. The predicted molar refractivity (Wildman–Crippen MR) is 94.5 cm³/mol. The molecule has 0 bridgehead atoms. The summed E-state index contributed by atoms with van der Waals surface area (Å²) >= 11 is 0. The van der Waals surface area contributed by atoms with Crippen molar-refractivity contribution in [2.75, 3.05) is 13.2 Å². The van der Waals surface area contributed by atoms with Gasteiger partial charge in [0.15, 0.2) is 0 Å². The standard InChI is InChI=1S/C20H28O2/c1-7-21-19-15(13(3)4)9-12-18-17(19)11-10-16(14(5)6)20(18)22-8-2/h9-14H,7-8H2,1-6H3. The van der Waals surface area contributed by atoms with Gasteiger partial charge in [0.25, 0.3) is 0 Å². The molecule has 0 aliphatic carbocycles. The first kappa shape index (κ1) is 16.7. The first-order valence-electron chi connectivity index (χ1n) is 8.36. The summed E-state index contributed by atoms with van der Waals surface area (Å²) in [4.78, 5) is 0. The lowest BCUT2D eigenvalue weighted by Crippen LogP contribution is -2.03. The molecule has 0 radical (unpaired) electrons. The van der Waals surface area contributed by atoms with Gasteiger partial charge in [0.05, 0.1) is 13.2 Å². The van der Waals surface area contributed by atoms with Gasteiger partial charge < -0.3 is 9.47 Å². The molecule has 2 aromatic rings. The summed E-state index contributed by atoms with van der Waals surface area (Å²) in [6.45, 7) is 14.2. The van der Waals surface area contributed by atoms with E-state index in [1.807, 2.05) is 13.8 Å². The van der Waals surface area contributed by atoms with Crippen LogP contribution in [0.5, 0.6) is 11.5 Å². The van der Waals surface area contributed by atoms with Crippen LogP contribution in [0.4, 0.5) is 0 Å². The highest BCUT2D eigenvalue weighted by Gasteiger charge is 2.17. The quantitative estimate of drug-likeness (QED) is 0.662. The summed E-state index contributed by atoms with van der Waals surface area (Å²) in [7, 11) is 0. The minimum atomic E-state index is 0.436. The fourth-order valence-electron chi connectivity index (χ4n) is 2.90. The molecule has 0 saturated heterocycles. The van der Waals surface area contributed by atoms with Crippen LogP contribution in [0, 0.1) is 0 Å². The number of fused-ring (bicyclic) bond motifs is 1. The van der Waals surface area contributed by atoms with Gasteiger partial charge in [0.2, 0.25) is 0 Å². The van der Waals surface area contributed by atoms with E-state index < -0.39 is 0 Å². The lowest BCUT2D eigenvalue weighted by Gasteiger charge is -2.20. The lowest BCUT2D eigenvalue weighted by atomic mass is 9.93. The normalized spacial score (nSPS) is 11.5. The van der Waals surface area contributed by atoms with Crippen LogP contribution in [-0.2, 0) is 0 Å². The predicted octanol–water partition coefficient (Wildman–Crippen LogP) is 5.88. The number of hydrogen-bond acceptors (Lipinski definition) is 2. The third kappa shape index (κ3) is 3.06. The zero-order chi connectivity index (χ0) is 16.3. The first-order chi connectivity index (χ1) is 10.5. The Morgan fingerprint density at radius 3 is 1.32 bits per heavy atom. The summed E-state index contributed by atoms with van der Waals surface area (Å²) < 4.78 is 12.0. The van der Waals surface area contributed by atoms with Gasteiger partial charge >= 0.3 is 0 Å². The van der Waals surface area contributed by atoms with Crippen LogP contribution in [0.15, 0.2) is 24.3 Å². The molecule has 0 saturated carbocycles. The molecule has 0 atom stereocenters. The van der Waals surface area contributed by atoms with Crippen LogP contribution in [0.1, 0.15) is 64.5 Å². The molecule has 0 aliphatic rings. The molecule has 2 aromatic carbocycles. The third-order valence-electron chi connectivity index (χ3n) is 3.98. The Morgan fingerprint density at radius 1 is 0.682 bits per heavy atom. The van der Waals surface area contributed by atoms with Gasteiger partial charge in [0.1, 0.15) is 11.5 Å². The maximum Gasteiger partial charge on any atom is 0.130 e. The molecule has 0 heterocycles. The van der Waals surface area contributed by atoms with Crippen molar-refractivity contribution in [3.8, 4) is 11.5 Å². The van der Waals surface area contributed by atoms with Crippen LogP contribution < -0.4 is 9.47 Å². The van der Waals surface area contributed by atoms with E-state index in [2.05, 4.69) is 52.0 Å². The average Bonchev–Trinajstić information content (AvgIpc) is 2.47. The Balaban J connectivity index is 2.77. The molecule has 0 aliphatic heterocycles. The molecule has 2 nitrogen and oxygen atoms in total. The van der Waals surface area contributed by atoms with Crippen molar-refractivity contribution in [1.82, 2.24) is 0 Å². The van der Waals surface area contributed by atoms with Crippen molar-refractivity contribution in [1.29, 1.82) is 0 Å². The third-order valence-corrected chi connectivity index (χ3v) is 3.98. The number of hydrogen-bond donors (Lipinski definition) is 0. The second-order valence-electron chi connectivity index (χ2n) is 6.24. The largest absolute Gasteiger partial charge is 0.493 e. The fourth-order valence-corrected chi connectivity index (χ4v) is 2.90. The molecular formula is C20H28O2. The minimum Gasteiger partial charge on any atom is -0.493 e. The van der Waals surface area contributed by atoms with E-state index >= 15 is 0 Å². The van der Waals surface area contributed by atoms with Crippen LogP contribution in [0.2, 0.25) is 0 Å². The van der Waals surface area contributed by atoms with E-state index in [0.29, 0.717) is 25.0 Å². The molecular weight excluding hydrogens is 272 g/mol. The monoisotopic (exact) mass is 300 g/mol. The molecule has 0 amide bonds. The van der Waals surface area contributed by atoms with Crippen molar-refractivity contribution in [3.05, 3.63) is 35.4 Å². The molecule has 0 unspecified atom stereocenters. The number of benzene rings is 2. The second kappa shape index (κ2) is 7.04. The van der Waals surface area contributed by atoms with Crippen LogP contribution >= 0.6 is 0 Å². The Kier molecular flexibility index (Phi) is 5.33. The second-order valence-corrected chi connectivity index (χ2v) is 6.24. The average molecular weight is 300 g/mol. The Hall–Kier alpha value is -1.70. The van der Waals surface area contributed by atoms with E-state index in [-0.39, 0.29) is 0 Å². The zero-order valence-electron chi connectivity index (χ0n) is 14.7. The van der Waals surface area contributed by atoms with Crippen LogP contribution in [0.3, 0.4) is 0 Å². The summed E-state index contributed by atoms with van der Waals surface area (Å²) in [5, 5.41) is 2.31. The first-order valence-corrected chi connectivity index (χ1v) is 8.36. The summed E-state index contributed by atoms with van der Waals surface area (Å²) in [5.41, 5.74) is 2.52. The van der Waals surface area contributed by atoms with Crippen molar-refractivity contribution < 1.29 is 9.47 Å². The van der Waals surface area contributed by atoms with Crippen LogP contribution in [0.25, 0.3) is 10.8 Å².